The van der Waals surface area contributed by atoms with Gasteiger partial charge < -0.3 is 19.8 Å². The largest absolute Gasteiger partial charge is 0.487 e. The van der Waals surface area contributed by atoms with E-state index < -0.39 is 23.3 Å². The highest BCUT2D eigenvalue weighted by atomic mass is 19.1. The zero-order valence-electron chi connectivity index (χ0n) is 21.8. The number of ether oxygens (including phenoxy) is 1. The number of nitrogens with zero attached hydrogens (tertiary/aromatic N) is 6. The predicted molar refractivity (Wildman–Crippen MR) is 140 cm³/mol. The van der Waals surface area contributed by atoms with Gasteiger partial charge in [-0.2, -0.15) is 5.10 Å². The molecule has 9 nitrogen and oxygen atoms in total. The topological polar surface area (TPSA) is 109 Å². The highest BCUT2D eigenvalue weighted by Gasteiger charge is 2.30. The SMILES string of the molecule is CC(C)(O)[C@@H](O)c1cc2nc(N3CCC(Oc4ccc(F)cc4F)CC3)c(-c3cnn(C4CC4)c3)nc2cn1. The average molecular weight is 537 g/mol. The zero-order valence-corrected chi connectivity index (χ0v) is 21.8. The quantitative estimate of drug-likeness (QED) is 0.359. The molecule has 0 radical (unpaired) electrons. The number of aromatic nitrogens is 5. The number of fused-ring (bicyclic) bond motifs is 1. The molecule has 6 rings (SSSR count). The van der Waals surface area contributed by atoms with Gasteiger partial charge in [0.1, 0.15) is 29.2 Å². The molecule has 4 aromatic rings. The third-order valence-electron chi connectivity index (χ3n) is 7.23. The number of rotatable bonds is 7. The van der Waals surface area contributed by atoms with Crippen molar-refractivity contribution in [2.24, 2.45) is 0 Å². The van der Waals surface area contributed by atoms with Crippen LogP contribution in [0.1, 0.15) is 57.4 Å². The van der Waals surface area contributed by atoms with E-state index >= 15 is 0 Å². The number of halogens is 2. The lowest BCUT2D eigenvalue weighted by Crippen LogP contribution is -2.39. The van der Waals surface area contributed by atoms with Gasteiger partial charge >= 0.3 is 0 Å². The number of anilines is 1. The summed E-state index contributed by atoms with van der Waals surface area (Å²) < 4.78 is 35.2. The molecule has 0 amide bonds. The van der Waals surface area contributed by atoms with E-state index in [0.717, 1.165) is 24.5 Å². The average Bonchev–Trinajstić information content (AvgIpc) is 3.65. The first-order valence-corrected chi connectivity index (χ1v) is 13.1. The van der Waals surface area contributed by atoms with Crippen molar-refractivity contribution in [1.29, 1.82) is 0 Å². The van der Waals surface area contributed by atoms with Crippen molar-refractivity contribution in [1.82, 2.24) is 24.7 Å². The molecule has 204 valence electrons. The zero-order chi connectivity index (χ0) is 27.3. The Kier molecular flexibility index (Phi) is 6.43. The highest BCUT2D eigenvalue weighted by molar-refractivity contribution is 5.83. The Morgan fingerprint density at radius 2 is 1.79 bits per heavy atom. The molecule has 1 atom stereocenters. The third-order valence-corrected chi connectivity index (χ3v) is 7.23. The van der Waals surface area contributed by atoms with Crippen molar-refractivity contribution in [3.8, 4) is 17.0 Å². The molecular formula is C28H30F2N6O3. The van der Waals surface area contributed by atoms with Gasteiger partial charge in [-0.1, -0.05) is 0 Å². The molecule has 0 spiro atoms. The fourth-order valence-electron chi connectivity index (χ4n) is 4.83. The molecule has 1 aliphatic carbocycles. The van der Waals surface area contributed by atoms with Gasteiger partial charge in [-0.3, -0.25) is 9.67 Å². The third kappa shape index (κ3) is 5.28. The van der Waals surface area contributed by atoms with Gasteiger partial charge in [0, 0.05) is 43.8 Å². The lowest BCUT2D eigenvalue weighted by Gasteiger charge is -2.33. The van der Waals surface area contributed by atoms with Crippen LogP contribution in [0.25, 0.3) is 22.3 Å². The van der Waals surface area contributed by atoms with Crippen molar-refractivity contribution >= 4 is 16.9 Å². The minimum Gasteiger partial charge on any atom is -0.487 e. The van der Waals surface area contributed by atoms with E-state index in [2.05, 4.69) is 15.0 Å². The summed E-state index contributed by atoms with van der Waals surface area (Å²) in [6.07, 6.45) is 7.35. The smallest absolute Gasteiger partial charge is 0.167 e. The van der Waals surface area contributed by atoms with E-state index in [1.807, 2.05) is 10.9 Å². The van der Waals surface area contributed by atoms with Gasteiger partial charge in [0.25, 0.3) is 0 Å². The second-order valence-corrected chi connectivity index (χ2v) is 10.9. The summed E-state index contributed by atoms with van der Waals surface area (Å²) in [6.45, 7) is 4.21. The normalized spacial score (nSPS) is 17.5. The van der Waals surface area contributed by atoms with Crippen LogP contribution in [0.3, 0.4) is 0 Å². The lowest BCUT2D eigenvalue weighted by atomic mass is 9.98. The maximum atomic E-state index is 14.1. The molecule has 1 aromatic carbocycles. The molecule has 3 aromatic heterocycles. The first-order chi connectivity index (χ1) is 18.7. The molecule has 39 heavy (non-hydrogen) atoms. The van der Waals surface area contributed by atoms with E-state index in [-0.39, 0.29) is 11.9 Å². The van der Waals surface area contributed by atoms with Gasteiger partial charge in [0.05, 0.1) is 35.2 Å². The van der Waals surface area contributed by atoms with Crippen LogP contribution in [0, 0.1) is 11.6 Å². The van der Waals surface area contributed by atoms with E-state index in [0.29, 0.717) is 60.2 Å². The minimum absolute atomic E-state index is 0.0407. The molecule has 2 aliphatic rings. The maximum Gasteiger partial charge on any atom is 0.167 e. The Morgan fingerprint density at radius 1 is 1.03 bits per heavy atom. The van der Waals surface area contributed by atoms with Crippen molar-refractivity contribution in [2.45, 2.75) is 63.4 Å². The Morgan fingerprint density at radius 3 is 2.49 bits per heavy atom. The summed E-state index contributed by atoms with van der Waals surface area (Å²) in [7, 11) is 0. The van der Waals surface area contributed by atoms with Crippen LogP contribution in [-0.2, 0) is 0 Å². The van der Waals surface area contributed by atoms with Crippen LogP contribution in [0.2, 0.25) is 0 Å². The maximum absolute atomic E-state index is 14.1. The Balaban J connectivity index is 1.31. The molecule has 0 unspecified atom stereocenters. The van der Waals surface area contributed by atoms with E-state index in [4.69, 9.17) is 14.7 Å². The van der Waals surface area contributed by atoms with E-state index in [1.54, 1.807) is 18.5 Å². The number of piperidine rings is 1. The minimum atomic E-state index is -1.37. The number of hydrogen-bond acceptors (Lipinski definition) is 8. The number of pyridine rings is 1. The van der Waals surface area contributed by atoms with Gasteiger partial charge in [-0.05, 0) is 44.9 Å². The van der Waals surface area contributed by atoms with Gasteiger partial charge in [-0.25, -0.2) is 18.7 Å². The van der Waals surface area contributed by atoms with Gasteiger partial charge in [-0.15, -0.1) is 0 Å². The Hall–Kier alpha value is -3.70. The predicted octanol–water partition coefficient (Wildman–Crippen LogP) is 4.35. The first kappa shape index (κ1) is 25.6. The fraction of sp³-hybridized carbons (Fsp3) is 0.429. The Bertz CT molecular complexity index is 1510. The van der Waals surface area contributed by atoms with Crippen molar-refractivity contribution in [3.63, 3.8) is 0 Å². The summed E-state index contributed by atoms with van der Waals surface area (Å²) in [5, 5.41) is 25.4. The van der Waals surface area contributed by atoms with Crippen molar-refractivity contribution < 1.29 is 23.7 Å². The van der Waals surface area contributed by atoms with Crippen LogP contribution >= 0.6 is 0 Å². The van der Waals surface area contributed by atoms with Gasteiger partial charge in [0.15, 0.2) is 17.4 Å². The number of aliphatic hydroxyl groups excluding tert-OH is 1. The summed E-state index contributed by atoms with van der Waals surface area (Å²) in [4.78, 5) is 16.3. The fourth-order valence-corrected chi connectivity index (χ4v) is 4.83. The molecule has 2 N–H and O–H groups in total. The lowest BCUT2D eigenvalue weighted by molar-refractivity contribution is -0.0516. The first-order valence-electron chi connectivity index (χ1n) is 13.1. The van der Waals surface area contributed by atoms with Crippen LogP contribution in [0.5, 0.6) is 5.75 Å². The second kappa shape index (κ2) is 9.80. The molecular weight excluding hydrogens is 506 g/mol. The van der Waals surface area contributed by atoms with Crippen molar-refractivity contribution in [3.05, 3.63) is 60.2 Å². The molecule has 1 saturated carbocycles. The highest BCUT2D eigenvalue weighted by Crippen LogP contribution is 2.37. The molecule has 4 heterocycles. The molecule has 2 fully saturated rings. The molecule has 1 aliphatic heterocycles. The Labute approximate surface area is 224 Å². The van der Waals surface area contributed by atoms with Gasteiger partial charge in [0.2, 0.25) is 0 Å². The molecule has 1 saturated heterocycles. The van der Waals surface area contributed by atoms with Crippen LogP contribution < -0.4 is 9.64 Å². The molecule has 0 bridgehead atoms. The van der Waals surface area contributed by atoms with Crippen LogP contribution in [0.15, 0.2) is 42.9 Å². The summed E-state index contributed by atoms with van der Waals surface area (Å²) in [5.41, 5.74) is 1.56. The van der Waals surface area contributed by atoms with Crippen molar-refractivity contribution in [2.75, 3.05) is 18.0 Å². The van der Waals surface area contributed by atoms with Crippen LogP contribution in [0.4, 0.5) is 14.6 Å². The summed E-state index contributed by atoms with van der Waals surface area (Å²) in [5.74, 6) is -0.654. The standard InChI is InChI=1S/C28H30F2N6O3/c1-28(2,38)26(37)22-12-21-23(14-31-22)33-25(16-13-32-36(15-16)18-4-5-18)27(34-21)35-9-7-19(8-10-35)39-24-6-3-17(29)11-20(24)30/h3,6,11-15,18-19,26,37-38H,4-5,7-10H2,1-2H3/t26-/m0/s1. The second-order valence-electron chi connectivity index (χ2n) is 10.9. The number of hydrogen-bond donors (Lipinski definition) is 2. The summed E-state index contributed by atoms with van der Waals surface area (Å²) in [6, 6.07) is 5.39. The van der Waals surface area contributed by atoms with E-state index in [1.165, 1.54) is 26.0 Å². The summed E-state index contributed by atoms with van der Waals surface area (Å²) >= 11 is 0. The molecule has 11 heteroatoms. The monoisotopic (exact) mass is 536 g/mol. The van der Waals surface area contributed by atoms with Crippen LogP contribution in [-0.4, -0.2) is 59.7 Å². The number of aliphatic hydroxyl groups is 2. The van der Waals surface area contributed by atoms with E-state index in [9.17, 15) is 19.0 Å². The number of benzene rings is 1.